The predicted molar refractivity (Wildman–Crippen MR) is 167 cm³/mol. The van der Waals surface area contributed by atoms with Gasteiger partial charge in [-0.05, 0) is 75.6 Å². The van der Waals surface area contributed by atoms with E-state index in [0.717, 1.165) is 73.1 Å². The lowest BCUT2D eigenvalue weighted by molar-refractivity contribution is -0.139. The number of aryl methyl sites for hydroxylation is 1. The molecular formula is C31H36FN7O2S2. The largest absolute Gasteiger partial charge is 0.386 e. The smallest absolute Gasteiger partial charge is 0.218 e. The Balaban J connectivity index is 1.19. The summed E-state index contributed by atoms with van der Waals surface area (Å²) in [5.74, 6) is 0.871. The fourth-order valence-electron chi connectivity index (χ4n) is 6.18. The molecule has 2 unspecified atom stereocenters. The molecule has 3 N–H and O–H groups in total. The molecule has 3 aromatic heterocycles. The topological polar surface area (TPSA) is 119 Å². The van der Waals surface area contributed by atoms with Crippen LogP contribution in [0.1, 0.15) is 85.3 Å². The van der Waals surface area contributed by atoms with Gasteiger partial charge in [0.15, 0.2) is 4.96 Å². The summed E-state index contributed by atoms with van der Waals surface area (Å²) in [6, 6.07) is 8.13. The summed E-state index contributed by atoms with van der Waals surface area (Å²) in [6.07, 6.45) is 6.95. The Labute approximate surface area is 258 Å². The highest BCUT2D eigenvalue weighted by Gasteiger charge is 2.46. The third-order valence-electron chi connectivity index (χ3n) is 8.70. The number of hydrogen-bond donors (Lipinski definition) is 3. The van der Waals surface area contributed by atoms with Crippen molar-refractivity contribution in [2.45, 2.75) is 83.0 Å². The first-order chi connectivity index (χ1) is 20.7. The Hall–Kier alpha value is -3.37. The van der Waals surface area contributed by atoms with Crippen LogP contribution < -0.4 is 10.6 Å². The number of piperidine rings is 1. The molecule has 1 saturated heterocycles. The van der Waals surface area contributed by atoms with Crippen LogP contribution in [0.2, 0.25) is 0 Å². The highest BCUT2D eigenvalue weighted by atomic mass is 32.1. The van der Waals surface area contributed by atoms with E-state index >= 15 is 0 Å². The van der Waals surface area contributed by atoms with Gasteiger partial charge in [-0.1, -0.05) is 6.92 Å². The summed E-state index contributed by atoms with van der Waals surface area (Å²) in [7, 11) is 0. The Morgan fingerprint density at radius 3 is 2.56 bits per heavy atom. The van der Waals surface area contributed by atoms with E-state index < -0.39 is 5.60 Å². The van der Waals surface area contributed by atoms with Gasteiger partial charge in [0, 0.05) is 36.7 Å². The molecule has 1 aliphatic heterocycles. The van der Waals surface area contributed by atoms with E-state index in [1.54, 1.807) is 23.5 Å². The number of fused-ring (bicyclic) bond motifs is 1. The van der Waals surface area contributed by atoms with Gasteiger partial charge in [0.05, 0.1) is 23.0 Å². The van der Waals surface area contributed by atoms with Crippen LogP contribution in [0.25, 0.3) is 16.2 Å². The number of amides is 1. The van der Waals surface area contributed by atoms with E-state index in [2.05, 4.69) is 39.1 Å². The molecule has 1 saturated carbocycles. The Kier molecular flexibility index (Phi) is 8.26. The van der Waals surface area contributed by atoms with Crippen LogP contribution in [-0.4, -0.2) is 55.1 Å². The number of thiazole rings is 2. The lowest BCUT2D eigenvalue weighted by atomic mass is 9.76. The number of nitrogens with one attached hydrogen (secondary N) is 2. The summed E-state index contributed by atoms with van der Waals surface area (Å²) in [5.41, 5.74) is 1.43. The van der Waals surface area contributed by atoms with Gasteiger partial charge in [-0.3, -0.25) is 14.1 Å². The average Bonchev–Trinajstić information content (AvgIpc) is 3.69. The van der Waals surface area contributed by atoms with E-state index in [1.807, 2.05) is 6.92 Å². The van der Waals surface area contributed by atoms with Gasteiger partial charge in [-0.15, -0.1) is 22.7 Å². The summed E-state index contributed by atoms with van der Waals surface area (Å²) in [6.45, 7) is 7.24. The standard InChI is InChI=1S/C31H36FN7O2S2/c1-4-23-27(34-18(2)28-37-26(24(16-33)42-28)21-6-8-22(32)9-7-21)39-17-25(43-30(39)36-23)20-10-14-38(15-11-20)29(35-19(3)40)31(41)12-5-13-31/h6-9,17-18,20,29,34,41H,4-5,10-15H2,1-3H3,(H,35,40). The number of likely N-dealkylation sites (tertiary alicyclic amines) is 1. The van der Waals surface area contributed by atoms with Crippen molar-refractivity contribution in [2.75, 3.05) is 18.4 Å². The molecule has 1 amide bonds. The van der Waals surface area contributed by atoms with Gasteiger partial charge in [-0.2, -0.15) is 5.26 Å². The van der Waals surface area contributed by atoms with Crippen LogP contribution >= 0.6 is 22.7 Å². The van der Waals surface area contributed by atoms with Crippen LogP contribution in [0.5, 0.6) is 0 Å². The molecule has 12 heteroatoms. The normalized spacial score (nSPS) is 18.6. The molecule has 2 fully saturated rings. The number of aliphatic hydroxyl groups is 1. The molecule has 1 aliphatic carbocycles. The maximum Gasteiger partial charge on any atom is 0.218 e. The molecule has 0 bridgehead atoms. The minimum atomic E-state index is -0.832. The zero-order valence-corrected chi connectivity index (χ0v) is 26.2. The number of imidazole rings is 1. The zero-order valence-electron chi connectivity index (χ0n) is 24.6. The molecule has 4 aromatic rings. The van der Waals surface area contributed by atoms with Crippen molar-refractivity contribution in [2.24, 2.45) is 0 Å². The summed E-state index contributed by atoms with van der Waals surface area (Å²) >= 11 is 3.06. The molecule has 6 rings (SSSR count). The maximum atomic E-state index is 13.5. The zero-order chi connectivity index (χ0) is 30.3. The fourth-order valence-corrected chi connectivity index (χ4v) is 8.23. The van der Waals surface area contributed by atoms with Crippen LogP contribution in [0.4, 0.5) is 10.2 Å². The van der Waals surface area contributed by atoms with Crippen LogP contribution in [0.3, 0.4) is 0 Å². The van der Waals surface area contributed by atoms with E-state index in [0.29, 0.717) is 22.1 Å². The molecule has 0 radical (unpaired) electrons. The first-order valence-electron chi connectivity index (χ1n) is 14.9. The fraction of sp³-hybridized carbons (Fsp3) is 0.484. The summed E-state index contributed by atoms with van der Waals surface area (Å²) in [5, 5.41) is 28.2. The van der Waals surface area contributed by atoms with Crippen molar-refractivity contribution in [3.8, 4) is 17.3 Å². The maximum absolute atomic E-state index is 13.5. The van der Waals surface area contributed by atoms with E-state index in [4.69, 9.17) is 9.97 Å². The SMILES string of the molecule is CCc1nc2sc(C3CCN(C(NC(C)=O)C4(O)CCC4)CC3)cn2c1NC(C)c1nc(-c2ccc(F)cc2)c(C#N)s1. The average molecular weight is 622 g/mol. The first-order valence-corrected chi connectivity index (χ1v) is 16.5. The van der Waals surface area contributed by atoms with Gasteiger partial charge in [-0.25, -0.2) is 14.4 Å². The van der Waals surface area contributed by atoms with Gasteiger partial charge < -0.3 is 15.7 Å². The minimum absolute atomic E-state index is 0.110. The minimum Gasteiger partial charge on any atom is -0.386 e. The number of carbonyl (C=O) groups excluding carboxylic acids is 1. The van der Waals surface area contributed by atoms with E-state index in [9.17, 15) is 19.6 Å². The highest BCUT2D eigenvalue weighted by molar-refractivity contribution is 7.17. The van der Waals surface area contributed by atoms with Crippen LogP contribution in [0.15, 0.2) is 30.5 Å². The van der Waals surface area contributed by atoms with Crippen molar-refractivity contribution >= 4 is 39.4 Å². The van der Waals surface area contributed by atoms with Crippen molar-refractivity contribution < 1.29 is 14.3 Å². The quantitative estimate of drug-likeness (QED) is 0.215. The number of carbonyl (C=O) groups is 1. The Morgan fingerprint density at radius 2 is 1.95 bits per heavy atom. The van der Waals surface area contributed by atoms with Gasteiger partial charge in [0.1, 0.15) is 33.8 Å². The Morgan fingerprint density at radius 1 is 1.23 bits per heavy atom. The van der Waals surface area contributed by atoms with Crippen LogP contribution in [-0.2, 0) is 11.2 Å². The second kappa shape index (κ2) is 12.0. The number of hydrogen-bond acceptors (Lipinski definition) is 9. The van der Waals surface area contributed by atoms with Gasteiger partial charge in [0.25, 0.3) is 0 Å². The third-order valence-corrected chi connectivity index (χ3v) is 11.0. The summed E-state index contributed by atoms with van der Waals surface area (Å²) in [4.78, 5) is 26.6. The van der Waals surface area contributed by atoms with Crippen molar-refractivity contribution in [3.63, 3.8) is 0 Å². The second-order valence-corrected chi connectivity index (χ2v) is 13.7. The van der Waals surface area contributed by atoms with Gasteiger partial charge >= 0.3 is 0 Å². The van der Waals surface area contributed by atoms with Crippen molar-refractivity contribution in [3.05, 3.63) is 56.7 Å². The molecule has 4 heterocycles. The molecule has 9 nitrogen and oxygen atoms in total. The monoisotopic (exact) mass is 621 g/mol. The first kappa shape index (κ1) is 29.7. The molecule has 2 aliphatic rings. The van der Waals surface area contributed by atoms with Crippen LogP contribution in [0, 0.1) is 17.1 Å². The molecule has 1 aromatic carbocycles. The van der Waals surface area contributed by atoms with Gasteiger partial charge in [0.2, 0.25) is 5.91 Å². The number of aromatic nitrogens is 3. The number of nitriles is 1. The number of rotatable bonds is 9. The predicted octanol–water partition coefficient (Wildman–Crippen LogP) is 5.82. The number of halogens is 1. The summed E-state index contributed by atoms with van der Waals surface area (Å²) < 4.78 is 15.6. The highest BCUT2D eigenvalue weighted by Crippen LogP contribution is 2.40. The molecule has 0 spiro atoms. The Bertz CT molecular complexity index is 1660. The van der Waals surface area contributed by atoms with E-state index in [-0.39, 0.29) is 23.9 Å². The van der Waals surface area contributed by atoms with E-state index in [1.165, 1.54) is 35.3 Å². The number of benzene rings is 1. The second-order valence-electron chi connectivity index (χ2n) is 11.6. The van der Waals surface area contributed by atoms with Crippen molar-refractivity contribution in [1.82, 2.24) is 24.6 Å². The van der Waals surface area contributed by atoms with Crippen molar-refractivity contribution in [1.29, 1.82) is 5.26 Å². The lowest BCUT2D eigenvalue weighted by Crippen LogP contribution is -2.65. The molecule has 2 atom stereocenters. The number of anilines is 1. The molecule has 226 valence electrons. The number of nitrogens with zero attached hydrogens (tertiary/aromatic N) is 5. The molecular weight excluding hydrogens is 586 g/mol. The lowest BCUT2D eigenvalue weighted by Gasteiger charge is -2.49. The molecule has 43 heavy (non-hydrogen) atoms. The third kappa shape index (κ3) is 5.79.